The Morgan fingerprint density at radius 3 is 3.00 bits per heavy atom. The standard InChI is InChI=1S/C14H19NO4S2/c1-9(6-18-2)15-13(16)7-19-14(17)12-5-10-8-20-4-3-11(10)21-12/h5,9H,3-4,6-8H2,1-2H3,(H,15,16). The van der Waals surface area contributed by atoms with Crippen LogP contribution in [0.1, 0.15) is 27.0 Å². The number of fused-ring (bicyclic) bond motifs is 1. The normalized spacial score (nSPS) is 15.1. The van der Waals surface area contributed by atoms with Crippen LogP contribution in [-0.2, 0) is 26.4 Å². The van der Waals surface area contributed by atoms with Crippen LogP contribution in [0.4, 0.5) is 0 Å². The first-order valence-electron chi connectivity index (χ1n) is 6.75. The van der Waals surface area contributed by atoms with E-state index in [0.29, 0.717) is 11.5 Å². The molecule has 1 aliphatic heterocycles. The number of amides is 1. The molecule has 1 aliphatic rings. The molecule has 0 aliphatic carbocycles. The van der Waals surface area contributed by atoms with E-state index >= 15 is 0 Å². The van der Waals surface area contributed by atoms with Crippen LogP contribution in [0.15, 0.2) is 6.07 Å². The molecule has 0 fully saturated rings. The summed E-state index contributed by atoms with van der Waals surface area (Å²) < 4.78 is 9.98. The molecule has 1 amide bonds. The molecule has 0 saturated carbocycles. The molecular weight excluding hydrogens is 310 g/mol. The van der Waals surface area contributed by atoms with Gasteiger partial charge in [-0.3, -0.25) is 4.79 Å². The van der Waals surface area contributed by atoms with Gasteiger partial charge in [0, 0.05) is 23.8 Å². The molecule has 1 unspecified atom stereocenters. The van der Waals surface area contributed by atoms with Gasteiger partial charge in [0.1, 0.15) is 4.88 Å². The van der Waals surface area contributed by atoms with Gasteiger partial charge in [0.05, 0.1) is 6.61 Å². The largest absolute Gasteiger partial charge is 0.451 e. The highest BCUT2D eigenvalue weighted by atomic mass is 32.2. The number of ether oxygens (including phenoxy) is 2. The summed E-state index contributed by atoms with van der Waals surface area (Å²) in [5, 5.41) is 2.70. The van der Waals surface area contributed by atoms with Gasteiger partial charge in [-0.25, -0.2) is 4.79 Å². The average molecular weight is 329 g/mol. The minimum absolute atomic E-state index is 0.104. The maximum atomic E-state index is 12.0. The van der Waals surface area contributed by atoms with E-state index in [1.165, 1.54) is 21.8 Å². The third-order valence-electron chi connectivity index (χ3n) is 2.99. The van der Waals surface area contributed by atoms with Crippen molar-refractivity contribution in [1.29, 1.82) is 0 Å². The molecule has 5 nitrogen and oxygen atoms in total. The van der Waals surface area contributed by atoms with Gasteiger partial charge in [0.25, 0.3) is 5.91 Å². The summed E-state index contributed by atoms with van der Waals surface area (Å²) in [5.41, 5.74) is 1.22. The number of carbonyl (C=O) groups is 2. The molecule has 21 heavy (non-hydrogen) atoms. The Labute approximate surface area is 132 Å². The Bertz CT molecular complexity index is 492. The Hall–Kier alpha value is -1.05. The molecule has 1 atom stereocenters. The number of thioether (sulfide) groups is 1. The quantitative estimate of drug-likeness (QED) is 0.807. The molecule has 0 spiro atoms. The second-order valence-corrected chi connectivity index (χ2v) is 7.10. The van der Waals surface area contributed by atoms with Crippen molar-refractivity contribution in [2.45, 2.75) is 25.1 Å². The second-order valence-electron chi connectivity index (χ2n) is 4.86. The molecule has 0 bridgehead atoms. The highest BCUT2D eigenvalue weighted by Crippen LogP contribution is 2.31. The number of esters is 1. The van der Waals surface area contributed by atoms with Crippen LogP contribution in [-0.4, -0.2) is 44.0 Å². The molecule has 0 aromatic carbocycles. The van der Waals surface area contributed by atoms with E-state index in [0.717, 1.165) is 17.9 Å². The topological polar surface area (TPSA) is 64.6 Å². The third-order valence-corrected chi connectivity index (χ3v) is 5.21. The van der Waals surface area contributed by atoms with Gasteiger partial charge in [-0.15, -0.1) is 11.3 Å². The summed E-state index contributed by atoms with van der Waals surface area (Å²) in [5.74, 6) is 1.31. The zero-order chi connectivity index (χ0) is 15.2. The van der Waals surface area contributed by atoms with Crippen molar-refractivity contribution in [2.24, 2.45) is 0 Å². The Kier molecular flexibility index (Phi) is 6.08. The molecular formula is C14H19NO4S2. The van der Waals surface area contributed by atoms with Crippen molar-refractivity contribution in [3.63, 3.8) is 0 Å². The predicted molar refractivity (Wildman–Crippen MR) is 83.9 cm³/mol. The molecule has 2 rings (SSSR count). The van der Waals surface area contributed by atoms with Gasteiger partial charge < -0.3 is 14.8 Å². The summed E-state index contributed by atoms with van der Waals surface area (Å²) in [6.45, 7) is 1.99. The fraction of sp³-hybridized carbons (Fsp3) is 0.571. The Morgan fingerprint density at radius 1 is 1.48 bits per heavy atom. The number of methoxy groups -OCH3 is 1. The number of rotatable bonds is 6. The Balaban J connectivity index is 1.81. The van der Waals surface area contributed by atoms with E-state index in [-0.39, 0.29) is 18.6 Å². The smallest absolute Gasteiger partial charge is 0.348 e. The van der Waals surface area contributed by atoms with Crippen molar-refractivity contribution in [3.05, 3.63) is 21.4 Å². The molecule has 7 heteroatoms. The van der Waals surface area contributed by atoms with Gasteiger partial charge in [-0.05, 0) is 30.7 Å². The maximum Gasteiger partial charge on any atom is 0.348 e. The van der Waals surface area contributed by atoms with E-state index in [1.807, 2.05) is 24.8 Å². The van der Waals surface area contributed by atoms with E-state index in [4.69, 9.17) is 9.47 Å². The first kappa shape index (κ1) is 16.3. The molecule has 1 N–H and O–H groups in total. The molecule has 2 heterocycles. The van der Waals surface area contributed by atoms with Crippen LogP contribution in [0.25, 0.3) is 0 Å². The molecule has 0 radical (unpaired) electrons. The van der Waals surface area contributed by atoms with E-state index in [2.05, 4.69) is 5.32 Å². The predicted octanol–water partition coefficient (Wildman–Crippen LogP) is 1.85. The maximum absolute atomic E-state index is 12.0. The van der Waals surface area contributed by atoms with Gasteiger partial charge in [-0.1, -0.05) is 0 Å². The van der Waals surface area contributed by atoms with Crippen LogP contribution < -0.4 is 5.32 Å². The van der Waals surface area contributed by atoms with Crippen molar-refractivity contribution in [3.8, 4) is 0 Å². The van der Waals surface area contributed by atoms with Gasteiger partial charge in [0.2, 0.25) is 0 Å². The van der Waals surface area contributed by atoms with E-state index < -0.39 is 5.97 Å². The SMILES string of the molecule is COCC(C)NC(=O)COC(=O)c1cc2c(s1)CCSC2. The number of aryl methyl sites for hydroxylation is 1. The van der Waals surface area contributed by atoms with Crippen molar-refractivity contribution in [2.75, 3.05) is 26.1 Å². The number of carbonyl (C=O) groups excluding carboxylic acids is 2. The summed E-state index contributed by atoms with van der Waals surface area (Å²) in [6.07, 6.45) is 1.01. The number of thiophene rings is 1. The molecule has 1 aromatic heterocycles. The van der Waals surface area contributed by atoms with Crippen molar-refractivity contribution >= 4 is 35.0 Å². The summed E-state index contributed by atoms with van der Waals surface area (Å²) >= 11 is 3.35. The third kappa shape index (κ3) is 4.72. The Morgan fingerprint density at radius 2 is 2.29 bits per heavy atom. The number of hydrogen-bond donors (Lipinski definition) is 1. The zero-order valence-electron chi connectivity index (χ0n) is 12.1. The first-order chi connectivity index (χ1) is 10.1. The number of nitrogens with one attached hydrogen (secondary N) is 1. The molecule has 0 saturated heterocycles. The lowest BCUT2D eigenvalue weighted by Crippen LogP contribution is -2.38. The average Bonchev–Trinajstić information content (AvgIpc) is 2.89. The van der Waals surface area contributed by atoms with Crippen LogP contribution in [0, 0.1) is 0 Å². The van der Waals surface area contributed by atoms with E-state index in [1.54, 1.807) is 7.11 Å². The van der Waals surface area contributed by atoms with Gasteiger partial charge in [0.15, 0.2) is 6.61 Å². The van der Waals surface area contributed by atoms with Crippen LogP contribution in [0.2, 0.25) is 0 Å². The first-order valence-corrected chi connectivity index (χ1v) is 8.72. The molecule has 1 aromatic rings. The zero-order valence-corrected chi connectivity index (χ0v) is 13.8. The monoisotopic (exact) mass is 329 g/mol. The lowest BCUT2D eigenvalue weighted by Gasteiger charge is -2.12. The fourth-order valence-corrected chi connectivity index (χ4v) is 4.32. The fourth-order valence-electron chi connectivity index (χ4n) is 2.06. The summed E-state index contributed by atoms with van der Waals surface area (Å²) in [4.78, 5) is 25.4. The van der Waals surface area contributed by atoms with Gasteiger partial charge in [-0.2, -0.15) is 11.8 Å². The lowest BCUT2D eigenvalue weighted by atomic mass is 10.2. The molecule has 116 valence electrons. The number of hydrogen-bond acceptors (Lipinski definition) is 6. The van der Waals surface area contributed by atoms with Crippen molar-refractivity contribution < 1.29 is 19.1 Å². The minimum Gasteiger partial charge on any atom is -0.451 e. The van der Waals surface area contributed by atoms with Gasteiger partial charge >= 0.3 is 5.97 Å². The highest BCUT2D eigenvalue weighted by molar-refractivity contribution is 7.98. The van der Waals surface area contributed by atoms with Crippen LogP contribution in [0.3, 0.4) is 0 Å². The van der Waals surface area contributed by atoms with Crippen molar-refractivity contribution in [1.82, 2.24) is 5.32 Å². The summed E-state index contributed by atoms with van der Waals surface area (Å²) in [6, 6.07) is 1.78. The highest BCUT2D eigenvalue weighted by Gasteiger charge is 2.19. The summed E-state index contributed by atoms with van der Waals surface area (Å²) in [7, 11) is 1.57. The van der Waals surface area contributed by atoms with Crippen LogP contribution >= 0.6 is 23.1 Å². The van der Waals surface area contributed by atoms with Crippen LogP contribution in [0.5, 0.6) is 0 Å². The van der Waals surface area contributed by atoms with E-state index in [9.17, 15) is 9.59 Å². The lowest BCUT2D eigenvalue weighted by molar-refractivity contribution is -0.125. The minimum atomic E-state index is -0.422. The second kappa shape index (κ2) is 7.82.